The van der Waals surface area contributed by atoms with Crippen LogP contribution in [0.4, 0.5) is 5.69 Å². The van der Waals surface area contributed by atoms with Gasteiger partial charge >= 0.3 is 0 Å². The minimum Gasteiger partial charge on any atom is -0.466 e. The normalized spacial score (nSPS) is 27.4. The summed E-state index contributed by atoms with van der Waals surface area (Å²) in [6.45, 7) is 4.01. The van der Waals surface area contributed by atoms with Crippen LogP contribution in [0.15, 0.2) is 56.7 Å². The van der Waals surface area contributed by atoms with Crippen molar-refractivity contribution in [3.05, 3.63) is 77.8 Å². The van der Waals surface area contributed by atoms with Crippen molar-refractivity contribution in [2.24, 2.45) is 10.9 Å². The van der Waals surface area contributed by atoms with E-state index >= 15 is 0 Å². The Bertz CT molecular complexity index is 1460. The molecule has 6 nitrogen and oxygen atoms in total. The van der Waals surface area contributed by atoms with Crippen molar-refractivity contribution in [3.8, 4) is 5.75 Å². The molecule has 2 aromatic carbocycles. The molecule has 1 N–H and O–H groups in total. The van der Waals surface area contributed by atoms with Gasteiger partial charge in [0.15, 0.2) is 4.80 Å². The van der Waals surface area contributed by atoms with Crippen LogP contribution in [-0.2, 0) is 4.79 Å². The summed E-state index contributed by atoms with van der Waals surface area (Å²) in [7, 11) is 0. The second kappa shape index (κ2) is 5.92. The molecular formula is C22H16BrN3O3S. The number of carbonyl (C=O) groups is 1. The molecule has 30 heavy (non-hydrogen) atoms. The maximum Gasteiger partial charge on any atom is 0.271 e. The van der Waals surface area contributed by atoms with E-state index in [1.807, 2.05) is 49.4 Å². The number of anilines is 1. The molecule has 0 fully saturated rings. The first-order chi connectivity index (χ1) is 14.4. The Kier molecular flexibility index (Phi) is 3.57. The van der Waals surface area contributed by atoms with Gasteiger partial charge in [-0.05, 0) is 31.2 Å². The Hall–Kier alpha value is -2.71. The molecule has 8 heteroatoms. The van der Waals surface area contributed by atoms with E-state index in [1.165, 1.54) is 11.3 Å². The Morgan fingerprint density at radius 3 is 2.87 bits per heavy atom. The highest BCUT2D eigenvalue weighted by Gasteiger charge is 2.49. The zero-order valence-corrected chi connectivity index (χ0v) is 18.5. The number of benzene rings is 2. The molecule has 1 aromatic heterocycles. The molecular weight excluding hydrogens is 466 g/mol. The summed E-state index contributed by atoms with van der Waals surface area (Å²) in [5.41, 5.74) is 1.85. The van der Waals surface area contributed by atoms with Crippen molar-refractivity contribution < 1.29 is 9.53 Å². The van der Waals surface area contributed by atoms with Gasteiger partial charge in [0.2, 0.25) is 5.72 Å². The predicted molar refractivity (Wildman–Crippen MR) is 117 cm³/mol. The number of para-hydroxylation sites is 1. The van der Waals surface area contributed by atoms with Gasteiger partial charge in [-0.3, -0.25) is 14.2 Å². The van der Waals surface area contributed by atoms with Crippen LogP contribution in [0.5, 0.6) is 5.75 Å². The highest BCUT2D eigenvalue weighted by molar-refractivity contribution is 9.10. The summed E-state index contributed by atoms with van der Waals surface area (Å²) in [6, 6.07) is 13.2. The van der Waals surface area contributed by atoms with Gasteiger partial charge in [0, 0.05) is 27.2 Å². The minimum absolute atomic E-state index is 0.0381. The number of hydrogen-bond donors (Lipinski definition) is 1. The van der Waals surface area contributed by atoms with Crippen LogP contribution in [0.25, 0.3) is 5.57 Å². The molecule has 3 aromatic rings. The predicted octanol–water partition coefficient (Wildman–Crippen LogP) is 2.79. The summed E-state index contributed by atoms with van der Waals surface area (Å²) < 4.78 is 9.25. The number of nitrogens with one attached hydrogen (secondary N) is 1. The second-order valence-electron chi connectivity index (χ2n) is 7.95. The lowest BCUT2D eigenvalue weighted by atomic mass is 9.83. The molecule has 4 heterocycles. The van der Waals surface area contributed by atoms with E-state index in [1.54, 1.807) is 4.57 Å². The van der Waals surface area contributed by atoms with Crippen molar-refractivity contribution in [1.82, 2.24) is 4.57 Å². The highest BCUT2D eigenvalue weighted by Crippen LogP contribution is 2.46. The van der Waals surface area contributed by atoms with Gasteiger partial charge in [0.05, 0.1) is 11.6 Å². The van der Waals surface area contributed by atoms with E-state index in [4.69, 9.17) is 9.73 Å². The van der Waals surface area contributed by atoms with Gasteiger partial charge in [0.1, 0.15) is 10.3 Å². The Labute approximate surface area is 183 Å². The SMILES string of the molecule is C[C@H]1[C@H]2c3ccccc3O[C@@]1(C)N=c1s/c(=C3\C(=O)Nc4ccc(Br)cc43)c(=O)n12. The molecule has 0 saturated carbocycles. The fraction of sp³-hybridized carbons (Fsp3) is 0.227. The number of fused-ring (bicyclic) bond motifs is 7. The van der Waals surface area contributed by atoms with Crippen LogP contribution in [-0.4, -0.2) is 16.2 Å². The summed E-state index contributed by atoms with van der Waals surface area (Å²) in [5, 5.41) is 2.87. The molecule has 3 atom stereocenters. The molecule has 150 valence electrons. The van der Waals surface area contributed by atoms with Crippen molar-refractivity contribution in [2.45, 2.75) is 25.6 Å². The third kappa shape index (κ3) is 2.26. The molecule has 0 unspecified atom stereocenters. The number of carbonyl (C=O) groups excluding carboxylic acids is 1. The topological polar surface area (TPSA) is 72.7 Å². The van der Waals surface area contributed by atoms with Gasteiger partial charge in [-0.25, -0.2) is 4.99 Å². The van der Waals surface area contributed by atoms with E-state index in [-0.39, 0.29) is 23.4 Å². The fourth-order valence-corrected chi connectivity index (χ4v) is 6.15. The van der Waals surface area contributed by atoms with Crippen LogP contribution in [0, 0.1) is 5.92 Å². The van der Waals surface area contributed by atoms with E-state index in [2.05, 4.69) is 28.2 Å². The van der Waals surface area contributed by atoms with Crippen molar-refractivity contribution in [1.29, 1.82) is 0 Å². The number of halogens is 1. The quantitative estimate of drug-likeness (QED) is 0.536. The van der Waals surface area contributed by atoms with Gasteiger partial charge in [0.25, 0.3) is 11.5 Å². The van der Waals surface area contributed by atoms with E-state index in [0.29, 0.717) is 20.6 Å². The lowest BCUT2D eigenvalue weighted by Crippen LogP contribution is -2.54. The lowest BCUT2D eigenvalue weighted by Gasteiger charge is -2.45. The smallest absolute Gasteiger partial charge is 0.271 e. The third-order valence-corrected chi connectivity index (χ3v) is 7.78. The number of hydrogen-bond acceptors (Lipinski definition) is 5. The Morgan fingerprint density at radius 2 is 2.03 bits per heavy atom. The first-order valence-corrected chi connectivity index (χ1v) is 11.2. The first kappa shape index (κ1) is 18.1. The largest absolute Gasteiger partial charge is 0.466 e. The molecule has 0 spiro atoms. The number of rotatable bonds is 0. The minimum atomic E-state index is -0.767. The molecule has 0 aliphatic carbocycles. The highest BCUT2D eigenvalue weighted by atomic mass is 79.9. The van der Waals surface area contributed by atoms with Crippen LogP contribution in [0.2, 0.25) is 0 Å². The van der Waals surface area contributed by atoms with Gasteiger partial charge in [-0.1, -0.05) is 52.4 Å². The monoisotopic (exact) mass is 481 g/mol. The van der Waals surface area contributed by atoms with E-state index in [0.717, 1.165) is 21.3 Å². The number of nitrogens with zero attached hydrogens (tertiary/aromatic N) is 2. The summed E-state index contributed by atoms with van der Waals surface area (Å²) in [6.07, 6.45) is 0. The summed E-state index contributed by atoms with van der Waals surface area (Å²) in [5.74, 6) is 0.444. The molecule has 3 aliphatic rings. The zero-order valence-electron chi connectivity index (χ0n) is 16.1. The van der Waals surface area contributed by atoms with Crippen molar-refractivity contribution >= 4 is 44.4 Å². The maximum absolute atomic E-state index is 13.7. The molecule has 6 rings (SSSR count). The average molecular weight is 482 g/mol. The standard InChI is InChI=1S/C22H16BrN3O3S/c1-10-17-12-5-3-4-6-15(12)29-22(10,2)25-21-26(17)20(28)18(30-21)16-13-9-11(23)7-8-14(13)24-19(16)27/h3-10,17H,1-2H3,(H,24,27)/b18-16-/t10-,17-,22+/m0/s1. The number of amides is 1. The van der Waals surface area contributed by atoms with Gasteiger partial charge in [-0.15, -0.1) is 0 Å². The molecule has 2 bridgehead atoms. The zero-order chi connectivity index (χ0) is 20.8. The number of aromatic nitrogens is 1. The molecule has 0 saturated heterocycles. The van der Waals surface area contributed by atoms with Crippen LogP contribution < -0.4 is 24.9 Å². The number of ether oxygens (including phenoxy) is 1. The van der Waals surface area contributed by atoms with Crippen molar-refractivity contribution in [3.63, 3.8) is 0 Å². The second-order valence-corrected chi connectivity index (χ2v) is 9.84. The molecule has 0 radical (unpaired) electrons. The average Bonchev–Trinajstić information content (AvgIpc) is 3.17. The molecule has 1 amide bonds. The maximum atomic E-state index is 13.7. The summed E-state index contributed by atoms with van der Waals surface area (Å²) in [4.78, 5) is 31.9. The number of thiazole rings is 1. The van der Waals surface area contributed by atoms with Crippen molar-refractivity contribution in [2.75, 3.05) is 5.32 Å². The third-order valence-electron chi connectivity index (χ3n) is 6.23. The van der Waals surface area contributed by atoms with Gasteiger partial charge < -0.3 is 10.1 Å². The van der Waals surface area contributed by atoms with Crippen LogP contribution >= 0.6 is 27.3 Å². The Balaban J connectivity index is 1.71. The van der Waals surface area contributed by atoms with Gasteiger partial charge in [-0.2, -0.15) is 0 Å². The van der Waals surface area contributed by atoms with Crippen LogP contribution in [0.1, 0.15) is 31.0 Å². The van der Waals surface area contributed by atoms with E-state index < -0.39 is 5.72 Å². The van der Waals surface area contributed by atoms with E-state index in [9.17, 15) is 9.59 Å². The summed E-state index contributed by atoms with van der Waals surface area (Å²) >= 11 is 4.72. The lowest BCUT2D eigenvalue weighted by molar-refractivity contribution is -0.110. The Morgan fingerprint density at radius 1 is 1.23 bits per heavy atom. The van der Waals surface area contributed by atoms with Crippen LogP contribution in [0.3, 0.4) is 0 Å². The molecule has 3 aliphatic heterocycles. The first-order valence-electron chi connectivity index (χ1n) is 9.62. The fourth-order valence-electron chi connectivity index (χ4n) is 4.60.